The molecule has 1 aromatic rings. The summed E-state index contributed by atoms with van der Waals surface area (Å²) < 4.78 is 0. The van der Waals surface area contributed by atoms with Gasteiger partial charge in [0, 0.05) is 12.6 Å². The van der Waals surface area contributed by atoms with E-state index in [2.05, 4.69) is 49.7 Å². The summed E-state index contributed by atoms with van der Waals surface area (Å²) in [5.74, 6) is 0.637. The monoisotopic (exact) mass is 230 g/mol. The van der Waals surface area contributed by atoms with Gasteiger partial charge >= 0.3 is 0 Å². The first-order valence-corrected chi connectivity index (χ1v) is 6.28. The van der Waals surface area contributed by atoms with Gasteiger partial charge in [-0.3, -0.25) is 4.90 Å². The van der Waals surface area contributed by atoms with Gasteiger partial charge in [0.15, 0.2) is 0 Å². The molecule has 1 aromatic carbocycles. The highest BCUT2D eigenvalue weighted by Crippen LogP contribution is 2.34. The Labute approximate surface area is 104 Å². The molecule has 2 rings (SSSR count). The fourth-order valence-electron chi connectivity index (χ4n) is 2.68. The lowest BCUT2D eigenvalue weighted by molar-refractivity contribution is 0.313. The molecule has 1 fully saturated rings. The van der Waals surface area contributed by atoms with Crippen molar-refractivity contribution >= 4 is 5.57 Å². The minimum Gasteiger partial charge on any atom is -0.330 e. The van der Waals surface area contributed by atoms with E-state index in [-0.39, 0.29) is 0 Å². The van der Waals surface area contributed by atoms with Gasteiger partial charge in [-0.1, -0.05) is 30.4 Å². The number of nitrogens with two attached hydrogens (primary N) is 1. The van der Waals surface area contributed by atoms with Crippen molar-refractivity contribution in [2.45, 2.75) is 19.4 Å². The van der Waals surface area contributed by atoms with Crippen molar-refractivity contribution in [3.05, 3.63) is 42.0 Å². The molecule has 1 saturated heterocycles. The second kappa shape index (κ2) is 5.03. The minimum absolute atomic E-state index is 0.517. The summed E-state index contributed by atoms with van der Waals surface area (Å²) in [4.78, 5) is 2.41. The summed E-state index contributed by atoms with van der Waals surface area (Å²) in [7, 11) is 2.19. The molecule has 1 aliphatic heterocycles. The van der Waals surface area contributed by atoms with Gasteiger partial charge in [-0.25, -0.2) is 0 Å². The standard InChI is InChI=1S/C15H22N2/c1-11(2)13-5-4-6-14(8-13)15-7-12(9-16)10-17(15)3/h4-6,8,12,15H,1,7,9-10,16H2,2-3H3. The van der Waals surface area contributed by atoms with Crippen molar-refractivity contribution in [2.75, 3.05) is 20.1 Å². The van der Waals surface area contributed by atoms with E-state index < -0.39 is 0 Å². The maximum atomic E-state index is 5.77. The molecule has 2 heteroatoms. The molecule has 0 radical (unpaired) electrons. The molecule has 2 nitrogen and oxygen atoms in total. The zero-order valence-electron chi connectivity index (χ0n) is 10.8. The fraction of sp³-hybridized carbons (Fsp3) is 0.467. The van der Waals surface area contributed by atoms with Crippen LogP contribution in [0.4, 0.5) is 0 Å². The third-order valence-electron chi connectivity index (χ3n) is 3.73. The average Bonchev–Trinajstić information content (AvgIpc) is 2.71. The van der Waals surface area contributed by atoms with Gasteiger partial charge < -0.3 is 5.73 Å². The summed E-state index contributed by atoms with van der Waals surface area (Å²) in [6.07, 6.45) is 1.17. The fourth-order valence-corrected chi connectivity index (χ4v) is 2.68. The normalized spacial score (nSPS) is 25.1. The van der Waals surface area contributed by atoms with E-state index in [1.165, 1.54) is 17.5 Å². The highest BCUT2D eigenvalue weighted by atomic mass is 15.2. The molecule has 0 saturated carbocycles. The zero-order valence-corrected chi connectivity index (χ0v) is 10.8. The molecule has 0 aliphatic carbocycles. The maximum Gasteiger partial charge on any atom is 0.0349 e. The quantitative estimate of drug-likeness (QED) is 0.865. The number of hydrogen-bond acceptors (Lipinski definition) is 2. The van der Waals surface area contributed by atoms with Gasteiger partial charge in [0.1, 0.15) is 0 Å². The van der Waals surface area contributed by atoms with E-state index in [0.717, 1.165) is 18.7 Å². The molecule has 0 bridgehead atoms. The van der Waals surface area contributed by atoms with Crippen LogP contribution in [-0.2, 0) is 0 Å². The molecule has 1 heterocycles. The smallest absolute Gasteiger partial charge is 0.0349 e. The van der Waals surface area contributed by atoms with Crippen LogP contribution < -0.4 is 5.73 Å². The number of hydrogen-bond donors (Lipinski definition) is 1. The van der Waals surface area contributed by atoms with Crippen LogP contribution in [0, 0.1) is 5.92 Å². The first kappa shape index (κ1) is 12.3. The van der Waals surface area contributed by atoms with Crippen LogP contribution >= 0.6 is 0 Å². The molecule has 17 heavy (non-hydrogen) atoms. The highest BCUT2D eigenvalue weighted by Gasteiger charge is 2.29. The van der Waals surface area contributed by atoms with Crippen molar-refractivity contribution in [3.8, 4) is 0 Å². The summed E-state index contributed by atoms with van der Waals surface area (Å²) in [5, 5.41) is 0. The third kappa shape index (κ3) is 2.59. The lowest BCUT2D eigenvalue weighted by Gasteiger charge is -2.20. The summed E-state index contributed by atoms with van der Waals surface area (Å²) in [5.41, 5.74) is 9.54. The Kier molecular flexibility index (Phi) is 3.65. The Bertz CT molecular complexity index is 411. The van der Waals surface area contributed by atoms with E-state index in [0.29, 0.717) is 12.0 Å². The van der Waals surface area contributed by atoms with Crippen LogP contribution in [0.5, 0.6) is 0 Å². The topological polar surface area (TPSA) is 29.3 Å². The van der Waals surface area contributed by atoms with Crippen molar-refractivity contribution in [1.29, 1.82) is 0 Å². The van der Waals surface area contributed by atoms with Crippen LogP contribution in [0.15, 0.2) is 30.8 Å². The van der Waals surface area contributed by atoms with E-state index in [1.807, 2.05) is 0 Å². The molecule has 0 amide bonds. The van der Waals surface area contributed by atoms with Gasteiger partial charge in [0.25, 0.3) is 0 Å². The number of nitrogens with zero attached hydrogens (tertiary/aromatic N) is 1. The van der Waals surface area contributed by atoms with Crippen LogP contribution in [0.2, 0.25) is 0 Å². The predicted molar refractivity (Wildman–Crippen MR) is 73.7 cm³/mol. The van der Waals surface area contributed by atoms with Crippen LogP contribution in [-0.4, -0.2) is 25.0 Å². The summed E-state index contributed by atoms with van der Waals surface area (Å²) in [6, 6.07) is 9.25. The number of likely N-dealkylation sites (tertiary alicyclic amines) is 1. The summed E-state index contributed by atoms with van der Waals surface area (Å²) >= 11 is 0. The molecule has 92 valence electrons. The van der Waals surface area contributed by atoms with Crippen molar-refractivity contribution in [2.24, 2.45) is 11.7 Å². The number of rotatable bonds is 3. The van der Waals surface area contributed by atoms with Crippen LogP contribution in [0.25, 0.3) is 5.57 Å². The Balaban J connectivity index is 2.22. The van der Waals surface area contributed by atoms with E-state index in [9.17, 15) is 0 Å². The lowest BCUT2D eigenvalue weighted by Crippen LogP contribution is -2.20. The predicted octanol–water partition coefficient (Wildman–Crippen LogP) is 2.67. The first-order valence-electron chi connectivity index (χ1n) is 6.28. The Morgan fingerprint density at radius 2 is 2.29 bits per heavy atom. The van der Waals surface area contributed by atoms with Crippen molar-refractivity contribution in [1.82, 2.24) is 4.90 Å². The third-order valence-corrected chi connectivity index (χ3v) is 3.73. The Morgan fingerprint density at radius 3 is 2.88 bits per heavy atom. The molecular formula is C15H22N2. The molecule has 2 unspecified atom stereocenters. The lowest BCUT2D eigenvalue weighted by atomic mass is 9.97. The molecule has 1 aliphatic rings. The number of allylic oxidation sites excluding steroid dienone is 1. The average molecular weight is 230 g/mol. The summed E-state index contributed by atoms with van der Waals surface area (Å²) in [6.45, 7) is 7.97. The molecule has 0 spiro atoms. The molecule has 2 N–H and O–H groups in total. The maximum absolute atomic E-state index is 5.77. The SMILES string of the molecule is C=C(C)c1cccc(C2CC(CN)CN2C)c1. The van der Waals surface area contributed by atoms with Crippen molar-refractivity contribution < 1.29 is 0 Å². The van der Waals surface area contributed by atoms with Gasteiger partial charge in [0.2, 0.25) is 0 Å². The minimum atomic E-state index is 0.517. The number of benzene rings is 1. The molecule has 0 aromatic heterocycles. The second-order valence-corrected chi connectivity index (χ2v) is 5.20. The van der Waals surface area contributed by atoms with Crippen LogP contribution in [0.1, 0.15) is 30.5 Å². The van der Waals surface area contributed by atoms with E-state index in [4.69, 9.17) is 5.73 Å². The Morgan fingerprint density at radius 1 is 1.53 bits per heavy atom. The van der Waals surface area contributed by atoms with Gasteiger partial charge in [-0.05, 0) is 50.0 Å². The van der Waals surface area contributed by atoms with Crippen LogP contribution in [0.3, 0.4) is 0 Å². The van der Waals surface area contributed by atoms with Gasteiger partial charge in [0.05, 0.1) is 0 Å². The first-order chi connectivity index (χ1) is 8.11. The molecule has 2 atom stereocenters. The molecular weight excluding hydrogens is 208 g/mol. The van der Waals surface area contributed by atoms with Gasteiger partial charge in [-0.15, -0.1) is 0 Å². The Hall–Kier alpha value is -1.12. The second-order valence-electron chi connectivity index (χ2n) is 5.20. The zero-order chi connectivity index (χ0) is 12.4. The largest absolute Gasteiger partial charge is 0.330 e. The van der Waals surface area contributed by atoms with Crippen molar-refractivity contribution in [3.63, 3.8) is 0 Å². The van der Waals surface area contributed by atoms with Gasteiger partial charge in [-0.2, -0.15) is 0 Å². The highest BCUT2D eigenvalue weighted by molar-refractivity contribution is 5.61. The van der Waals surface area contributed by atoms with E-state index >= 15 is 0 Å². The van der Waals surface area contributed by atoms with E-state index in [1.54, 1.807) is 0 Å².